The first-order valence-electron chi connectivity index (χ1n) is 6.13. The van der Waals surface area contributed by atoms with Gasteiger partial charge in [0.15, 0.2) is 0 Å². The van der Waals surface area contributed by atoms with Gasteiger partial charge >= 0.3 is 0 Å². The highest BCUT2D eigenvalue weighted by molar-refractivity contribution is 5.63. The molecule has 2 atom stereocenters. The first kappa shape index (κ1) is 11.6. The minimum Gasteiger partial charge on any atom is -0.364 e. The molecular weight excluding hydrogens is 200 g/mol. The van der Waals surface area contributed by atoms with Crippen LogP contribution >= 0.6 is 0 Å². The maximum Gasteiger partial charge on any atom is 0.109 e. The minimum absolute atomic E-state index is 0.195. The second kappa shape index (κ2) is 3.88. The summed E-state index contributed by atoms with van der Waals surface area (Å²) >= 11 is 0. The zero-order valence-electron chi connectivity index (χ0n) is 10.9. The molecule has 0 bridgehead atoms. The molecule has 0 radical (unpaired) electrons. The first-order valence-corrected chi connectivity index (χ1v) is 6.13. The van der Waals surface area contributed by atoms with Crippen molar-refractivity contribution in [3.8, 4) is 0 Å². The van der Waals surface area contributed by atoms with Gasteiger partial charge in [0.1, 0.15) is 5.60 Å². The summed E-state index contributed by atoms with van der Waals surface area (Å²) in [4.78, 5) is 0. The zero-order valence-corrected chi connectivity index (χ0v) is 10.9. The van der Waals surface area contributed by atoms with Crippen LogP contribution in [-0.2, 0) is 4.74 Å². The number of nitrogens with zero attached hydrogens (tertiary/aromatic N) is 2. The van der Waals surface area contributed by atoms with Crippen LogP contribution in [0.2, 0.25) is 0 Å². The fourth-order valence-corrected chi connectivity index (χ4v) is 2.63. The molecule has 0 aliphatic carbocycles. The van der Waals surface area contributed by atoms with E-state index < -0.39 is 0 Å². The predicted molar refractivity (Wildman–Crippen MR) is 66.3 cm³/mol. The standard InChI is InChI=1S/C13H22N2O/c1-9(2)13(5)12-10(3)6-7-14-15(12)8-11(4)16-13/h7,9,11H,6,8H2,1-5H3. The fourth-order valence-electron chi connectivity index (χ4n) is 2.63. The van der Waals surface area contributed by atoms with Gasteiger partial charge in [-0.05, 0) is 32.3 Å². The van der Waals surface area contributed by atoms with Gasteiger partial charge in [-0.3, -0.25) is 5.01 Å². The van der Waals surface area contributed by atoms with Crippen molar-refractivity contribution in [3.63, 3.8) is 0 Å². The highest BCUT2D eigenvalue weighted by Gasteiger charge is 2.44. The number of morpholine rings is 1. The van der Waals surface area contributed by atoms with Crippen LogP contribution in [-0.4, -0.2) is 29.5 Å². The van der Waals surface area contributed by atoms with E-state index in [1.54, 1.807) is 0 Å². The predicted octanol–water partition coefficient (Wildman–Crippen LogP) is 2.79. The SMILES string of the molecule is CC1=C2N(CC(C)OC2(C)C(C)C)N=CC1. The molecule has 16 heavy (non-hydrogen) atoms. The van der Waals surface area contributed by atoms with E-state index in [2.05, 4.69) is 44.7 Å². The van der Waals surface area contributed by atoms with Gasteiger partial charge in [0.25, 0.3) is 0 Å². The summed E-state index contributed by atoms with van der Waals surface area (Å²) < 4.78 is 6.20. The Hall–Kier alpha value is -0.830. The third kappa shape index (κ3) is 1.67. The largest absolute Gasteiger partial charge is 0.364 e. The molecule has 2 heterocycles. The van der Waals surface area contributed by atoms with Crippen molar-refractivity contribution in [1.29, 1.82) is 0 Å². The number of rotatable bonds is 1. The summed E-state index contributed by atoms with van der Waals surface area (Å²) in [7, 11) is 0. The third-order valence-corrected chi connectivity index (χ3v) is 3.73. The Morgan fingerprint density at radius 1 is 1.56 bits per heavy atom. The molecule has 0 amide bonds. The van der Waals surface area contributed by atoms with Crippen molar-refractivity contribution in [1.82, 2.24) is 5.01 Å². The van der Waals surface area contributed by atoms with Gasteiger partial charge in [0.2, 0.25) is 0 Å². The van der Waals surface area contributed by atoms with Gasteiger partial charge in [0, 0.05) is 12.6 Å². The normalized spacial score (nSPS) is 34.6. The van der Waals surface area contributed by atoms with Gasteiger partial charge in [-0.25, -0.2) is 0 Å². The Bertz CT molecular complexity index is 346. The highest BCUT2D eigenvalue weighted by Crippen LogP contribution is 2.40. The molecule has 0 saturated carbocycles. The van der Waals surface area contributed by atoms with Gasteiger partial charge in [-0.15, -0.1) is 0 Å². The average Bonchev–Trinajstić information content (AvgIpc) is 2.16. The Morgan fingerprint density at radius 2 is 2.25 bits per heavy atom. The number of hydrazone groups is 1. The van der Waals surface area contributed by atoms with Crippen LogP contribution in [0.3, 0.4) is 0 Å². The van der Waals surface area contributed by atoms with E-state index in [0.717, 1.165) is 13.0 Å². The summed E-state index contributed by atoms with van der Waals surface area (Å²) in [5, 5.41) is 6.63. The Balaban J connectivity index is 2.43. The summed E-state index contributed by atoms with van der Waals surface area (Å²) in [6, 6.07) is 0. The molecule has 0 aromatic heterocycles. The van der Waals surface area contributed by atoms with E-state index in [9.17, 15) is 0 Å². The smallest absolute Gasteiger partial charge is 0.109 e. The first-order chi connectivity index (χ1) is 7.45. The van der Waals surface area contributed by atoms with Crippen molar-refractivity contribution >= 4 is 6.21 Å². The Labute approximate surface area is 98.2 Å². The molecule has 1 saturated heterocycles. The number of allylic oxidation sites excluding steroid dienone is 1. The fraction of sp³-hybridized carbons (Fsp3) is 0.769. The van der Waals surface area contributed by atoms with Gasteiger partial charge in [0.05, 0.1) is 18.3 Å². The molecule has 2 aliphatic rings. The van der Waals surface area contributed by atoms with Crippen LogP contribution in [0.5, 0.6) is 0 Å². The van der Waals surface area contributed by atoms with E-state index in [-0.39, 0.29) is 11.7 Å². The lowest BCUT2D eigenvalue weighted by molar-refractivity contribution is -0.131. The third-order valence-electron chi connectivity index (χ3n) is 3.73. The van der Waals surface area contributed by atoms with E-state index in [0.29, 0.717) is 5.92 Å². The minimum atomic E-state index is -0.195. The summed E-state index contributed by atoms with van der Waals surface area (Å²) in [5.41, 5.74) is 2.47. The lowest BCUT2D eigenvalue weighted by atomic mass is 9.83. The lowest BCUT2D eigenvalue weighted by Crippen LogP contribution is -2.53. The average molecular weight is 222 g/mol. The van der Waals surface area contributed by atoms with Crippen molar-refractivity contribution < 1.29 is 4.74 Å². The van der Waals surface area contributed by atoms with Crippen molar-refractivity contribution in [2.75, 3.05) is 6.54 Å². The maximum absolute atomic E-state index is 6.20. The van der Waals surface area contributed by atoms with Crippen LogP contribution in [0.15, 0.2) is 16.4 Å². The number of fused-ring (bicyclic) bond motifs is 1. The molecule has 0 aromatic carbocycles. The van der Waals surface area contributed by atoms with Crippen LogP contribution in [0, 0.1) is 5.92 Å². The second-order valence-corrected chi connectivity index (χ2v) is 5.40. The monoisotopic (exact) mass is 222 g/mol. The molecule has 3 nitrogen and oxygen atoms in total. The second-order valence-electron chi connectivity index (χ2n) is 5.40. The van der Waals surface area contributed by atoms with Crippen molar-refractivity contribution in [2.24, 2.45) is 11.0 Å². The molecule has 0 spiro atoms. The summed E-state index contributed by atoms with van der Waals surface area (Å²) in [6.45, 7) is 11.8. The van der Waals surface area contributed by atoms with Crippen LogP contribution < -0.4 is 0 Å². The Kier molecular flexibility index (Phi) is 2.82. The number of hydrogen-bond donors (Lipinski definition) is 0. The molecule has 2 aliphatic heterocycles. The quantitative estimate of drug-likeness (QED) is 0.681. The molecule has 90 valence electrons. The number of ether oxygens (including phenoxy) is 1. The van der Waals surface area contributed by atoms with Crippen molar-refractivity contribution in [3.05, 3.63) is 11.3 Å². The highest BCUT2D eigenvalue weighted by atomic mass is 16.5. The zero-order chi connectivity index (χ0) is 11.9. The molecule has 0 aromatic rings. The lowest BCUT2D eigenvalue weighted by Gasteiger charge is -2.48. The molecular formula is C13H22N2O. The van der Waals surface area contributed by atoms with E-state index in [4.69, 9.17) is 4.74 Å². The van der Waals surface area contributed by atoms with Gasteiger partial charge in [-0.2, -0.15) is 5.10 Å². The van der Waals surface area contributed by atoms with Gasteiger partial charge < -0.3 is 4.74 Å². The molecule has 2 unspecified atom stereocenters. The summed E-state index contributed by atoms with van der Waals surface area (Å²) in [6.07, 6.45) is 3.18. The van der Waals surface area contributed by atoms with Gasteiger partial charge in [-0.1, -0.05) is 13.8 Å². The van der Waals surface area contributed by atoms with E-state index >= 15 is 0 Å². The van der Waals surface area contributed by atoms with E-state index in [1.165, 1.54) is 11.3 Å². The van der Waals surface area contributed by atoms with E-state index in [1.807, 2.05) is 6.21 Å². The number of hydrogen-bond acceptors (Lipinski definition) is 3. The topological polar surface area (TPSA) is 24.8 Å². The maximum atomic E-state index is 6.20. The van der Waals surface area contributed by atoms with Crippen molar-refractivity contribution in [2.45, 2.75) is 52.7 Å². The van der Waals surface area contributed by atoms with Crippen LogP contribution in [0.1, 0.15) is 41.0 Å². The molecule has 1 fully saturated rings. The molecule has 0 N–H and O–H groups in total. The van der Waals surface area contributed by atoms with Crippen LogP contribution in [0.25, 0.3) is 0 Å². The van der Waals surface area contributed by atoms with Crippen LogP contribution in [0.4, 0.5) is 0 Å². The molecule has 3 heteroatoms. The summed E-state index contributed by atoms with van der Waals surface area (Å²) in [5.74, 6) is 0.455. The Morgan fingerprint density at radius 3 is 2.88 bits per heavy atom. The molecule has 2 rings (SSSR count).